The summed E-state index contributed by atoms with van der Waals surface area (Å²) in [6, 6.07) is -0.278. The Labute approximate surface area is 131 Å². The number of nitrogens with two attached hydrogens (primary N) is 1. The highest BCUT2D eigenvalue weighted by Crippen LogP contribution is 2.11. The summed E-state index contributed by atoms with van der Waals surface area (Å²) in [5, 5.41) is 4.13. The van der Waals surface area contributed by atoms with Gasteiger partial charge in [0.05, 0.1) is 12.2 Å². The molecule has 1 aromatic heterocycles. The number of thioether (sulfide) groups is 1. The van der Waals surface area contributed by atoms with Crippen molar-refractivity contribution < 1.29 is 4.79 Å². The van der Waals surface area contributed by atoms with Crippen LogP contribution in [0.2, 0.25) is 0 Å². The number of hydrogen-bond donors (Lipinski definition) is 1. The lowest BCUT2D eigenvalue weighted by Crippen LogP contribution is -2.46. The smallest absolute Gasteiger partial charge is 0.240 e. The van der Waals surface area contributed by atoms with Gasteiger partial charge in [-0.25, -0.2) is 0 Å². The first kappa shape index (κ1) is 19.3. The van der Waals surface area contributed by atoms with Crippen molar-refractivity contribution in [2.75, 3.05) is 12.0 Å². The van der Waals surface area contributed by atoms with Crippen LogP contribution in [-0.2, 0) is 18.4 Å². The minimum atomic E-state index is -0.411. The number of rotatable bonds is 7. The molecule has 0 radical (unpaired) electrons. The first-order valence-corrected chi connectivity index (χ1v) is 7.87. The molecular weight excluding hydrogens is 296 g/mol. The van der Waals surface area contributed by atoms with Gasteiger partial charge in [-0.05, 0) is 32.3 Å². The molecule has 0 fully saturated rings. The molecule has 116 valence electrons. The number of halogens is 1. The van der Waals surface area contributed by atoms with E-state index in [1.807, 2.05) is 38.2 Å². The van der Waals surface area contributed by atoms with E-state index in [-0.39, 0.29) is 24.4 Å². The molecule has 7 heteroatoms. The van der Waals surface area contributed by atoms with Crippen LogP contribution < -0.4 is 5.73 Å². The number of amides is 1. The molecule has 0 bridgehead atoms. The molecule has 20 heavy (non-hydrogen) atoms. The van der Waals surface area contributed by atoms with Gasteiger partial charge < -0.3 is 10.6 Å². The predicted molar refractivity (Wildman–Crippen MR) is 87.1 cm³/mol. The van der Waals surface area contributed by atoms with Gasteiger partial charge in [0.15, 0.2) is 0 Å². The molecule has 0 aliphatic heterocycles. The molecule has 0 aliphatic rings. The molecular formula is C13H25ClN4OS. The van der Waals surface area contributed by atoms with E-state index in [9.17, 15) is 4.79 Å². The topological polar surface area (TPSA) is 64.2 Å². The molecule has 1 atom stereocenters. The normalized spacial score (nSPS) is 12.1. The molecule has 0 aromatic carbocycles. The highest BCUT2D eigenvalue weighted by atomic mass is 35.5. The molecule has 5 nitrogen and oxygen atoms in total. The maximum absolute atomic E-state index is 12.4. The van der Waals surface area contributed by atoms with Gasteiger partial charge in [-0.2, -0.15) is 16.9 Å². The van der Waals surface area contributed by atoms with Crippen molar-refractivity contribution in [2.24, 2.45) is 12.8 Å². The molecule has 0 spiro atoms. The van der Waals surface area contributed by atoms with Crippen LogP contribution >= 0.6 is 24.2 Å². The van der Waals surface area contributed by atoms with Crippen molar-refractivity contribution in [1.82, 2.24) is 14.7 Å². The van der Waals surface area contributed by atoms with Crippen LogP contribution in [0.15, 0.2) is 12.4 Å². The second kappa shape index (κ2) is 9.26. The summed E-state index contributed by atoms with van der Waals surface area (Å²) in [6.45, 7) is 4.59. The van der Waals surface area contributed by atoms with Crippen LogP contribution in [0.25, 0.3) is 0 Å². The summed E-state index contributed by atoms with van der Waals surface area (Å²) in [5.74, 6) is 0.930. The van der Waals surface area contributed by atoms with E-state index in [1.165, 1.54) is 0 Å². The standard InChI is InChI=1S/C13H24N4OS.ClH/c1-10(2)17(9-11-7-15-16(3)8-11)13(18)12(14)5-6-19-4;/h7-8,10,12H,5-6,9,14H2,1-4H3;1H/t12-;/m0./s1. The highest BCUT2D eigenvalue weighted by Gasteiger charge is 2.23. The summed E-state index contributed by atoms with van der Waals surface area (Å²) < 4.78 is 1.74. The van der Waals surface area contributed by atoms with Gasteiger partial charge in [0.2, 0.25) is 5.91 Å². The molecule has 0 saturated heterocycles. The average Bonchev–Trinajstić information content (AvgIpc) is 2.77. The second-order valence-corrected chi connectivity index (χ2v) is 5.96. The molecule has 1 amide bonds. The quantitative estimate of drug-likeness (QED) is 0.830. The Hall–Kier alpha value is -0.720. The van der Waals surface area contributed by atoms with Crippen LogP contribution in [0.5, 0.6) is 0 Å². The Morgan fingerprint density at radius 2 is 2.20 bits per heavy atom. The lowest BCUT2D eigenvalue weighted by molar-refractivity contribution is -0.135. The Kier molecular flexibility index (Phi) is 8.93. The molecule has 2 N–H and O–H groups in total. The van der Waals surface area contributed by atoms with Gasteiger partial charge in [-0.15, -0.1) is 12.4 Å². The fourth-order valence-electron chi connectivity index (χ4n) is 1.85. The zero-order chi connectivity index (χ0) is 14.4. The number of nitrogens with zero attached hydrogens (tertiary/aromatic N) is 3. The van der Waals surface area contributed by atoms with Crippen molar-refractivity contribution >= 4 is 30.1 Å². The summed E-state index contributed by atoms with van der Waals surface area (Å²) in [5.41, 5.74) is 7.00. The number of aryl methyl sites for hydroxylation is 1. The third kappa shape index (κ3) is 5.73. The number of carbonyl (C=O) groups excluding carboxylic acids is 1. The number of hydrogen-bond acceptors (Lipinski definition) is 4. The van der Waals surface area contributed by atoms with Gasteiger partial charge in [0, 0.05) is 31.4 Å². The van der Waals surface area contributed by atoms with Crippen molar-refractivity contribution in [1.29, 1.82) is 0 Å². The Morgan fingerprint density at radius 3 is 2.65 bits per heavy atom. The van der Waals surface area contributed by atoms with E-state index >= 15 is 0 Å². The maximum atomic E-state index is 12.4. The van der Waals surface area contributed by atoms with Crippen LogP contribution in [0.3, 0.4) is 0 Å². The fourth-order valence-corrected chi connectivity index (χ4v) is 2.34. The third-order valence-corrected chi connectivity index (χ3v) is 3.61. The van der Waals surface area contributed by atoms with E-state index in [2.05, 4.69) is 5.10 Å². The maximum Gasteiger partial charge on any atom is 0.240 e. The van der Waals surface area contributed by atoms with E-state index in [1.54, 1.807) is 22.6 Å². The van der Waals surface area contributed by atoms with Crippen molar-refractivity contribution in [3.8, 4) is 0 Å². The van der Waals surface area contributed by atoms with Crippen LogP contribution in [0.4, 0.5) is 0 Å². The molecule has 1 rings (SSSR count). The minimum Gasteiger partial charge on any atom is -0.334 e. The largest absolute Gasteiger partial charge is 0.334 e. The summed E-state index contributed by atoms with van der Waals surface area (Å²) in [4.78, 5) is 14.2. The Bertz CT molecular complexity index is 411. The van der Waals surface area contributed by atoms with E-state index < -0.39 is 6.04 Å². The lowest BCUT2D eigenvalue weighted by atomic mass is 10.1. The van der Waals surface area contributed by atoms with E-state index in [0.717, 1.165) is 17.7 Å². The van der Waals surface area contributed by atoms with Gasteiger partial charge in [0.1, 0.15) is 0 Å². The van der Waals surface area contributed by atoms with Gasteiger partial charge in [0.25, 0.3) is 0 Å². The third-order valence-electron chi connectivity index (χ3n) is 2.97. The zero-order valence-electron chi connectivity index (χ0n) is 12.6. The Balaban J connectivity index is 0.00000361. The van der Waals surface area contributed by atoms with Crippen molar-refractivity contribution in [2.45, 2.75) is 38.9 Å². The van der Waals surface area contributed by atoms with Gasteiger partial charge in [-0.3, -0.25) is 9.48 Å². The predicted octanol–water partition coefficient (Wildman–Crippen LogP) is 1.66. The molecule has 0 unspecified atom stereocenters. The van der Waals surface area contributed by atoms with Crippen LogP contribution in [0.1, 0.15) is 25.8 Å². The van der Waals surface area contributed by atoms with Crippen LogP contribution in [0, 0.1) is 0 Å². The van der Waals surface area contributed by atoms with Crippen molar-refractivity contribution in [3.05, 3.63) is 18.0 Å². The SMILES string of the molecule is CSCC[C@H](N)C(=O)N(Cc1cnn(C)c1)C(C)C.Cl. The first-order chi connectivity index (χ1) is 8.95. The first-order valence-electron chi connectivity index (χ1n) is 6.48. The molecule has 0 saturated carbocycles. The van der Waals surface area contributed by atoms with E-state index in [4.69, 9.17) is 5.73 Å². The second-order valence-electron chi connectivity index (χ2n) is 4.97. The molecule has 1 heterocycles. The van der Waals surface area contributed by atoms with Gasteiger partial charge >= 0.3 is 0 Å². The monoisotopic (exact) mass is 320 g/mol. The van der Waals surface area contributed by atoms with Gasteiger partial charge in [-0.1, -0.05) is 0 Å². The summed E-state index contributed by atoms with van der Waals surface area (Å²) in [6.07, 6.45) is 6.45. The Morgan fingerprint density at radius 1 is 1.55 bits per heavy atom. The molecule has 1 aromatic rings. The average molecular weight is 321 g/mol. The fraction of sp³-hybridized carbons (Fsp3) is 0.692. The zero-order valence-corrected chi connectivity index (χ0v) is 14.2. The van der Waals surface area contributed by atoms with Crippen molar-refractivity contribution in [3.63, 3.8) is 0 Å². The number of carbonyl (C=O) groups is 1. The number of aromatic nitrogens is 2. The highest BCUT2D eigenvalue weighted by molar-refractivity contribution is 7.98. The van der Waals surface area contributed by atoms with Crippen LogP contribution in [-0.4, -0.2) is 44.7 Å². The molecule has 0 aliphatic carbocycles. The summed E-state index contributed by atoms with van der Waals surface area (Å²) in [7, 11) is 1.87. The lowest BCUT2D eigenvalue weighted by Gasteiger charge is -2.29. The summed E-state index contributed by atoms with van der Waals surface area (Å²) >= 11 is 1.71. The van der Waals surface area contributed by atoms with E-state index in [0.29, 0.717) is 6.54 Å². The minimum absolute atomic E-state index is 0.